The number of allylic oxidation sites excluding steroid dienone is 5. The second-order valence-electron chi connectivity index (χ2n) is 11.3. The molecule has 0 spiro atoms. The Hall–Kier alpha value is -2.03. The third kappa shape index (κ3) is 3.63. The highest BCUT2D eigenvalue weighted by Crippen LogP contribution is 2.67. The Labute approximate surface area is 214 Å². The van der Waals surface area contributed by atoms with Gasteiger partial charge in [-0.25, -0.2) is 13.3 Å². The van der Waals surface area contributed by atoms with Crippen molar-refractivity contribution in [2.45, 2.75) is 70.6 Å². The summed E-state index contributed by atoms with van der Waals surface area (Å²) in [5.74, 6) is 2.25. The number of rotatable bonds is 3. The van der Waals surface area contributed by atoms with Crippen molar-refractivity contribution < 1.29 is 13.2 Å². The van der Waals surface area contributed by atoms with E-state index in [1.807, 2.05) is 6.92 Å². The lowest BCUT2D eigenvalue weighted by Gasteiger charge is -2.57. The summed E-state index contributed by atoms with van der Waals surface area (Å²) in [6.07, 6.45) is 8.48. The van der Waals surface area contributed by atoms with Gasteiger partial charge in [0, 0.05) is 11.5 Å². The SMILES string of the molecule is [C-]#[N+]C(=C1CC[C@H]2[C@@H]3CC(Cl)=C4C=C(OC)CC[C@]4(C)[C@H]3CC[C@]12C)S(=O)(=O)c1ccc(C)cc1. The lowest BCUT2D eigenvalue weighted by Crippen LogP contribution is -2.49. The van der Waals surface area contributed by atoms with Crippen molar-refractivity contribution in [3.63, 3.8) is 0 Å². The molecule has 2 saturated carbocycles. The average molecular weight is 512 g/mol. The number of sulfone groups is 1. The zero-order chi connectivity index (χ0) is 25.2. The van der Waals surface area contributed by atoms with E-state index < -0.39 is 9.84 Å². The van der Waals surface area contributed by atoms with Gasteiger partial charge in [-0.05, 0) is 103 Å². The van der Waals surface area contributed by atoms with Crippen LogP contribution in [0.3, 0.4) is 0 Å². The predicted octanol–water partition coefficient (Wildman–Crippen LogP) is 7.57. The predicted molar refractivity (Wildman–Crippen MR) is 139 cm³/mol. The highest BCUT2D eigenvalue weighted by Gasteiger charge is 2.58. The van der Waals surface area contributed by atoms with E-state index in [4.69, 9.17) is 22.9 Å². The van der Waals surface area contributed by atoms with Gasteiger partial charge in [0.05, 0.1) is 24.3 Å². The van der Waals surface area contributed by atoms with Crippen molar-refractivity contribution in [1.82, 2.24) is 0 Å². The fraction of sp³-hybridized carbons (Fsp3) is 0.552. The highest BCUT2D eigenvalue weighted by molar-refractivity contribution is 7.95. The molecule has 6 heteroatoms. The molecule has 0 bridgehead atoms. The molecule has 0 heterocycles. The molecular weight excluding hydrogens is 478 g/mol. The number of ether oxygens (including phenoxy) is 1. The number of nitrogens with zero attached hydrogens (tertiary/aromatic N) is 1. The largest absolute Gasteiger partial charge is 0.501 e. The van der Waals surface area contributed by atoms with Gasteiger partial charge in [-0.2, -0.15) is 0 Å². The van der Waals surface area contributed by atoms with Crippen LogP contribution in [0, 0.1) is 42.1 Å². The number of aryl methyl sites for hydroxylation is 1. The van der Waals surface area contributed by atoms with E-state index >= 15 is 0 Å². The zero-order valence-electron chi connectivity index (χ0n) is 21.0. The smallest absolute Gasteiger partial charge is 0.282 e. The monoisotopic (exact) mass is 511 g/mol. The molecule has 0 aliphatic heterocycles. The van der Waals surface area contributed by atoms with Crippen LogP contribution in [-0.2, 0) is 14.6 Å². The molecule has 0 aromatic heterocycles. The molecule has 1 aromatic rings. The molecule has 5 rings (SSSR count). The summed E-state index contributed by atoms with van der Waals surface area (Å²) in [5, 5.41) is 0.891. The summed E-state index contributed by atoms with van der Waals surface area (Å²) in [6.45, 7) is 14.4. The molecule has 0 N–H and O–H groups in total. The summed E-state index contributed by atoms with van der Waals surface area (Å²) < 4.78 is 32.7. The molecule has 4 aliphatic carbocycles. The van der Waals surface area contributed by atoms with Crippen molar-refractivity contribution in [3.05, 3.63) is 74.3 Å². The number of fused-ring (bicyclic) bond motifs is 5. The minimum Gasteiger partial charge on any atom is -0.501 e. The van der Waals surface area contributed by atoms with Gasteiger partial charge >= 0.3 is 0 Å². The quantitative estimate of drug-likeness (QED) is 0.393. The fourth-order valence-corrected chi connectivity index (χ4v) is 9.76. The molecular formula is C29H34ClNO3S. The van der Waals surface area contributed by atoms with Crippen LogP contribution < -0.4 is 0 Å². The van der Waals surface area contributed by atoms with Crippen LogP contribution in [0.2, 0.25) is 0 Å². The second kappa shape index (κ2) is 8.53. The van der Waals surface area contributed by atoms with Gasteiger partial charge in [-0.3, -0.25) is 0 Å². The lowest BCUT2D eigenvalue weighted by atomic mass is 9.48. The Morgan fingerprint density at radius 3 is 2.43 bits per heavy atom. The Morgan fingerprint density at radius 1 is 1.09 bits per heavy atom. The van der Waals surface area contributed by atoms with Crippen molar-refractivity contribution in [1.29, 1.82) is 0 Å². The molecule has 0 saturated heterocycles. The van der Waals surface area contributed by atoms with Crippen molar-refractivity contribution in [2.24, 2.45) is 28.6 Å². The topological polar surface area (TPSA) is 47.7 Å². The van der Waals surface area contributed by atoms with Crippen LogP contribution >= 0.6 is 11.6 Å². The maximum absolute atomic E-state index is 13.6. The third-order valence-corrected chi connectivity index (χ3v) is 11.9. The molecule has 2 fully saturated rings. The number of hydrogen-bond acceptors (Lipinski definition) is 3. The third-order valence-electron chi connectivity index (χ3n) is 9.77. The van der Waals surface area contributed by atoms with Crippen molar-refractivity contribution in [2.75, 3.05) is 7.11 Å². The average Bonchev–Trinajstić information content (AvgIpc) is 3.17. The fourth-order valence-electron chi connectivity index (χ4n) is 7.81. The first-order valence-corrected chi connectivity index (χ1v) is 14.5. The number of halogens is 1. The van der Waals surface area contributed by atoms with Crippen molar-refractivity contribution in [3.8, 4) is 0 Å². The molecule has 4 nitrogen and oxygen atoms in total. The normalized spacial score (nSPS) is 35.9. The van der Waals surface area contributed by atoms with Gasteiger partial charge in [0.1, 0.15) is 0 Å². The van der Waals surface area contributed by atoms with Crippen LogP contribution in [0.5, 0.6) is 0 Å². The van der Waals surface area contributed by atoms with E-state index in [9.17, 15) is 8.42 Å². The van der Waals surface area contributed by atoms with E-state index in [0.29, 0.717) is 24.2 Å². The van der Waals surface area contributed by atoms with E-state index in [0.717, 1.165) is 60.5 Å². The number of hydrogen-bond donors (Lipinski definition) is 0. The Bertz CT molecular complexity index is 1300. The molecule has 4 aliphatic rings. The van der Waals surface area contributed by atoms with E-state index in [2.05, 4.69) is 24.8 Å². The first-order valence-electron chi connectivity index (χ1n) is 12.6. The van der Waals surface area contributed by atoms with E-state index in [1.54, 1.807) is 31.4 Å². The zero-order valence-corrected chi connectivity index (χ0v) is 22.6. The van der Waals surface area contributed by atoms with E-state index in [-0.39, 0.29) is 20.8 Å². The van der Waals surface area contributed by atoms with Crippen LogP contribution in [0.4, 0.5) is 0 Å². The summed E-state index contributed by atoms with van der Waals surface area (Å²) in [6, 6.07) is 6.85. The van der Waals surface area contributed by atoms with Crippen molar-refractivity contribution >= 4 is 21.4 Å². The Morgan fingerprint density at radius 2 is 1.77 bits per heavy atom. The summed E-state index contributed by atoms with van der Waals surface area (Å²) in [4.78, 5) is 3.89. The van der Waals surface area contributed by atoms with Gasteiger partial charge in [0.2, 0.25) is 9.84 Å². The van der Waals surface area contributed by atoms with Gasteiger partial charge in [-0.1, -0.05) is 43.1 Å². The maximum atomic E-state index is 13.6. The molecule has 0 unspecified atom stereocenters. The minimum atomic E-state index is -3.85. The molecule has 0 amide bonds. The van der Waals surface area contributed by atoms with Gasteiger partial charge in [-0.15, -0.1) is 0 Å². The number of benzene rings is 1. The standard InChI is InChI=1S/C29H34ClNO3S/c1-18-6-8-20(9-7-18)35(32,33)27(31-4)24-11-10-22-21-17-26(30)25-16-19(34-5)12-14-29(25,3)23(21)13-15-28(22,24)2/h6-9,16,21-23H,10-15,17H2,1-3,5H3/t21-,22-,23-,28-,29+/m0/s1. The molecule has 35 heavy (non-hydrogen) atoms. The van der Waals surface area contributed by atoms with Gasteiger partial charge in [0.15, 0.2) is 0 Å². The molecule has 5 atom stereocenters. The maximum Gasteiger partial charge on any atom is 0.282 e. The van der Waals surface area contributed by atoms with Crippen LogP contribution in [-0.4, -0.2) is 15.5 Å². The second-order valence-corrected chi connectivity index (χ2v) is 13.7. The lowest BCUT2D eigenvalue weighted by molar-refractivity contribution is -0.00950. The van der Waals surface area contributed by atoms with E-state index in [1.165, 1.54) is 5.57 Å². The first-order chi connectivity index (χ1) is 16.6. The van der Waals surface area contributed by atoms with Crippen LogP contribution in [0.15, 0.2) is 62.2 Å². The van der Waals surface area contributed by atoms with Gasteiger partial charge < -0.3 is 4.74 Å². The Kier molecular flexibility index (Phi) is 6.01. The minimum absolute atomic E-state index is 0.0203. The number of methoxy groups -OCH3 is 1. The van der Waals surface area contributed by atoms with Gasteiger partial charge in [0.25, 0.3) is 5.03 Å². The summed E-state index contributed by atoms with van der Waals surface area (Å²) in [5.41, 5.74) is 2.82. The summed E-state index contributed by atoms with van der Waals surface area (Å²) in [7, 11) is -2.12. The van der Waals surface area contributed by atoms with Crippen LogP contribution in [0.25, 0.3) is 4.85 Å². The molecule has 1 aromatic carbocycles. The van der Waals surface area contributed by atoms with Crippen LogP contribution in [0.1, 0.15) is 64.4 Å². The molecule has 0 radical (unpaired) electrons. The molecule has 186 valence electrons. The summed E-state index contributed by atoms with van der Waals surface area (Å²) >= 11 is 6.97. The Balaban J connectivity index is 1.55. The first kappa shape index (κ1) is 24.7. The highest BCUT2D eigenvalue weighted by atomic mass is 35.5.